The summed E-state index contributed by atoms with van der Waals surface area (Å²) < 4.78 is 16.4. The first-order valence-corrected chi connectivity index (χ1v) is 7.83. The summed E-state index contributed by atoms with van der Waals surface area (Å²) in [5.74, 6) is 2.49. The average molecular weight is 344 g/mol. The van der Waals surface area contributed by atoms with Gasteiger partial charge in [0.2, 0.25) is 0 Å². The van der Waals surface area contributed by atoms with E-state index in [9.17, 15) is 10.0 Å². The highest BCUT2D eigenvalue weighted by Gasteiger charge is 2.29. The minimum absolute atomic E-state index is 0.414. The molecular weight excluding hydrogens is 324 g/mol. The first-order chi connectivity index (χ1) is 12.0. The van der Waals surface area contributed by atoms with Crippen LogP contribution in [0, 0.1) is 0 Å². The van der Waals surface area contributed by atoms with E-state index < -0.39 is 12.1 Å². The monoisotopic (exact) mass is 344 g/mol. The summed E-state index contributed by atoms with van der Waals surface area (Å²) in [4.78, 5) is 11.2. The predicted octanol–water partition coefficient (Wildman–Crippen LogP) is 3.25. The van der Waals surface area contributed by atoms with Crippen molar-refractivity contribution < 1.29 is 24.2 Å². The first kappa shape index (κ1) is 16.9. The molecule has 0 saturated carbocycles. The number of hydrogen-bond donors (Lipinski definition) is 2. The Morgan fingerprint density at radius 2 is 1.80 bits per heavy atom. The Kier molecular flexibility index (Phi) is 4.67. The number of hydrogen-bond acceptors (Lipinski definition) is 5. The van der Waals surface area contributed by atoms with Crippen molar-refractivity contribution in [3.05, 3.63) is 47.5 Å². The van der Waals surface area contributed by atoms with E-state index in [-0.39, 0.29) is 0 Å². The molecule has 0 aliphatic heterocycles. The fourth-order valence-corrected chi connectivity index (χ4v) is 3.06. The maximum absolute atomic E-state index is 11.2. The van der Waals surface area contributed by atoms with Crippen molar-refractivity contribution in [3.63, 3.8) is 0 Å². The Hall–Kier alpha value is -2.93. The highest BCUT2D eigenvalue weighted by molar-refractivity contribution is 5.71. The predicted molar refractivity (Wildman–Crippen MR) is 90.3 cm³/mol. The van der Waals surface area contributed by atoms with Gasteiger partial charge in [0.15, 0.2) is 11.5 Å². The van der Waals surface area contributed by atoms with Crippen molar-refractivity contribution in [3.8, 4) is 23.0 Å². The van der Waals surface area contributed by atoms with Crippen LogP contribution in [0.25, 0.3) is 0 Å². The number of carbonyl (C=O) groups is 1. The minimum Gasteiger partial charge on any atom is -0.493 e. The van der Waals surface area contributed by atoms with Crippen molar-refractivity contribution in [1.82, 2.24) is 5.06 Å². The van der Waals surface area contributed by atoms with Gasteiger partial charge in [-0.2, -0.15) is 5.06 Å². The number of carbonyl (C=O) groups excluding carboxylic acids is 1. The molecule has 1 aliphatic rings. The zero-order valence-electron chi connectivity index (χ0n) is 14.1. The van der Waals surface area contributed by atoms with Gasteiger partial charge in [0.25, 0.3) is 0 Å². The fourth-order valence-electron chi connectivity index (χ4n) is 3.06. The molecule has 2 aromatic carbocycles. The Morgan fingerprint density at radius 3 is 2.48 bits per heavy atom. The van der Waals surface area contributed by atoms with Crippen LogP contribution in [-0.2, 0) is 6.42 Å². The average Bonchev–Trinajstić information content (AvgIpc) is 3.03. The molecule has 132 valence electrons. The van der Waals surface area contributed by atoms with Gasteiger partial charge in [0.1, 0.15) is 11.5 Å². The topological polar surface area (TPSA) is 94.3 Å². The van der Waals surface area contributed by atoms with Gasteiger partial charge in [-0.15, -0.1) is 0 Å². The maximum atomic E-state index is 11.2. The van der Waals surface area contributed by atoms with Crippen LogP contribution in [0.5, 0.6) is 23.0 Å². The molecule has 2 amide bonds. The van der Waals surface area contributed by atoms with E-state index in [1.54, 1.807) is 38.5 Å². The molecule has 7 heteroatoms. The van der Waals surface area contributed by atoms with Gasteiger partial charge in [0, 0.05) is 6.07 Å². The summed E-state index contributed by atoms with van der Waals surface area (Å²) in [7, 11) is 3.14. The molecule has 0 radical (unpaired) electrons. The number of hydroxylamine groups is 2. The van der Waals surface area contributed by atoms with E-state index in [1.807, 2.05) is 12.1 Å². The van der Waals surface area contributed by atoms with Crippen LogP contribution < -0.4 is 19.9 Å². The Labute approximate surface area is 145 Å². The molecule has 0 bridgehead atoms. The van der Waals surface area contributed by atoms with Gasteiger partial charge in [-0.25, -0.2) is 4.79 Å². The summed E-state index contributed by atoms with van der Waals surface area (Å²) in [5, 5.41) is 10.4. The van der Waals surface area contributed by atoms with Crippen molar-refractivity contribution in [2.75, 3.05) is 14.2 Å². The third-order valence-electron chi connectivity index (χ3n) is 4.27. The molecule has 25 heavy (non-hydrogen) atoms. The molecule has 1 unspecified atom stereocenters. The van der Waals surface area contributed by atoms with Crippen LogP contribution in [0.3, 0.4) is 0 Å². The Balaban J connectivity index is 1.81. The number of benzene rings is 2. The second-order valence-electron chi connectivity index (χ2n) is 5.72. The van der Waals surface area contributed by atoms with Crippen LogP contribution >= 0.6 is 0 Å². The summed E-state index contributed by atoms with van der Waals surface area (Å²) >= 11 is 0. The summed E-state index contributed by atoms with van der Waals surface area (Å²) in [6, 6.07) is 9.58. The van der Waals surface area contributed by atoms with E-state index in [0.717, 1.165) is 17.5 Å². The molecule has 7 nitrogen and oxygen atoms in total. The third kappa shape index (κ3) is 3.32. The van der Waals surface area contributed by atoms with Crippen LogP contribution in [0.15, 0.2) is 36.4 Å². The number of methoxy groups -OCH3 is 2. The molecule has 0 fully saturated rings. The second kappa shape index (κ2) is 6.90. The largest absolute Gasteiger partial charge is 0.493 e. The zero-order valence-corrected chi connectivity index (χ0v) is 14.1. The Morgan fingerprint density at radius 1 is 1.12 bits per heavy atom. The molecule has 0 aromatic heterocycles. The highest BCUT2D eigenvalue weighted by Crippen LogP contribution is 2.38. The Bertz CT molecular complexity index is 793. The molecule has 2 aromatic rings. The maximum Gasteiger partial charge on any atom is 0.339 e. The number of urea groups is 1. The van der Waals surface area contributed by atoms with Crippen molar-refractivity contribution in [1.29, 1.82) is 0 Å². The minimum atomic E-state index is -0.858. The molecular formula is C18H20N2O5. The summed E-state index contributed by atoms with van der Waals surface area (Å²) in [5.41, 5.74) is 7.04. The van der Waals surface area contributed by atoms with Crippen molar-refractivity contribution >= 4 is 6.03 Å². The molecule has 0 heterocycles. The fraction of sp³-hybridized carbons (Fsp3) is 0.278. The van der Waals surface area contributed by atoms with E-state index in [1.165, 1.54) is 0 Å². The number of primary amides is 1. The lowest BCUT2D eigenvalue weighted by Crippen LogP contribution is -2.35. The molecule has 0 spiro atoms. The SMILES string of the molecule is COc1ccc(Oc2ccc3c(c2)CCC3N(O)C(N)=O)cc1OC. The number of ether oxygens (including phenoxy) is 3. The molecule has 1 atom stereocenters. The molecule has 3 rings (SSSR count). The van der Waals surface area contributed by atoms with Crippen LogP contribution in [0.1, 0.15) is 23.6 Å². The van der Waals surface area contributed by atoms with Gasteiger partial charge in [-0.1, -0.05) is 6.07 Å². The van der Waals surface area contributed by atoms with Crippen LogP contribution in [0.4, 0.5) is 4.79 Å². The van der Waals surface area contributed by atoms with Crippen LogP contribution in [0.2, 0.25) is 0 Å². The van der Waals surface area contributed by atoms with Gasteiger partial charge in [-0.05, 0) is 48.2 Å². The number of nitrogens with two attached hydrogens (primary N) is 1. The number of fused-ring (bicyclic) bond motifs is 1. The van der Waals surface area contributed by atoms with Gasteiger partial charge in [0.05, 0.1) is 20.3 Å². The van der Waals surface area contributed by atoms with E-state index >= 15 is 0 Å². The third-order valence-corrected chi connectivity index (χ3v) is 4.27. The molecule has 3 N–H and O–H groups in total. The second-order valence-corrected chi connectivity index (χ2v) is 5.72. The number of rotatable bonds is 5. The van der Waals surface area contributed by atoms with Crippen molar-refractivity contribution in [2.45, 2.75) is 18.9 Å². The lowest BCUT2D eigenvalue weighted by molar-refractivity contribution is -0.0757. The normalized spacial score (nSPS) is 15.4. The summed E-state index contributed by atoms with van der Waals surface area (Å²) in [6.07, 6.45) is 1.35. The zero-order chi connectivity index (χ0) is 18.0. The van der Waals surface area contributed by atoms with Gasteiger partial charge >= 0.3 is 6.03 Å². The van der Waals surface area contributed by atoms with Crippen LogP contribution in [-0.4, -0.2) is 30.5 Å². The number of nitrogens with zero attached hydrogens (tertiary/aromatic N) is 1. The highest BCUT2D eigenvalue weighted by atomic mass is 16.5. The number of amides is 2. The number of aryl methyl sites for hydroxylation is 1. The lowest BCUT2D eigenvalue weighted by Gasteiger charge is -2.20. The van der Waals surface area contributed by atoms with E-state index in [4.69, 9.17) is 19.9 Å². The molecule has 0 saturated heterocycles. The van der Waals surface area contributed by atoms with Gasteiger partial charge in [-0.3, -0.25) is 5.21 Å². The summed E-state index contributed by atoms with van der Waals surface area (Å²) in [6.45, 7) is 0. The van der Waals surface area contributed by atoms with E-state index in [2.05, 4.69) is 0 Å². The lowest BCUT2D eigenvalue weighted by atomic mass is 10.1. The standard InChI is InChI=1S/C18H20N2O5/c1-23-16-8-5-13(10-17(16)24-2)25-12-4-6-14-11(9-12)3-7-15(14)20(22)18(19)21/h4-6,8-10,15,22H,3,7H2,1-2H3,(H2,19,21). The van der Waals surface area contributed by atoms with Gasteiger partial charge < -0.3 is 19.9 Å². The molecule has 1 aliphatic carbocycles. The van der Waals surface area contributed by atoms with Crippen molar-refractivity contribution in [2.24, 2.45) is 5.73 Å². The van der Waals surface area contributed by atoms with E-state index in [0.29, 0.717) is 34.5 Å². The smallest absolute Gasteiger partial charge is 0.339 e. The quantitative estimate of drug-likeness (QED) is 0.641. The first-order valence-electron chi connectivity index (χ1n) is 7.83.